The molecule has 0 N–H and O–H groups in total. The number of amides is 1. The first-order valence-electron chi connectivity index (χ1n) is 6.80. The summed E-state index contributed by atoms with van der Waals surface area (Å²) in [6.07, 6.45) is -0.381. The maximum absolute atomic E-state index is 11.9. The maximum Gasteiger partial charge on any atom is 0.410 e. The van der Waals surface area contributed by atoms with Crippen LogP contribution in [0.5, 0.6) is 0 Å². The SMILES string of the molecule is CCOC(=O)c1ccccc1CN(CC)C(=O)OCC. The molecule has 110 valence electrons. The fraction of sp³-hybridized carbons (Fsp3) is 0.467. The standard InChI is InChI=1S/C15H21NO4/c1-4-16(15(18)20-6-3)11-12-9-7-8-10-13(12)14(17)19-5-2/h7-10H,4-6,11H2,1-3H3. The molecule has 0 aromatic heterocycles. The van der Waals surface area contributed by atoms with Gasteiger partial charge in [0.05, 0.1) is 18.8 Å². The number of benzene rings is 1. The molecule has 0 saturated carbocycles. The molecule has 0 aliphatic rings. The zero-order valence-electron chi connectivity index (χ0n) is 12.2. The summed E-state index contributed by atoms with van der Waals surface area (Å²) in [5.41, 5.74) is 1.23. The molecule has 0 aliphatic heterocycles. The van der Waals surface area contributed by atoms with Crippen LogP contribution in [0, 0.1) is 0 Å². The van der Waals surface area contributed by atoms with E-state index in [0.29, 0.717) is 31.9 Å². The first kappa shape index (κ1) is 16.0. The van der Waals surface area contributed by atoms with Crippen LogP contribution in [0.1, 0.15) is 36.7 Å². The molecule has 0 radical (unpaired) electrons. The third-order valence-electron chi connectivity index (χ3n) is 2.78. The second kappa shape index (κ2) is 8.19. The van der Waals surface area contributed by atoms with Crippen LogP contribution in [-0.2, 0) is 16.0 Å². The lowest BCUT2D eigenvalue weighted by atomic mass is 10.1. The Hall–Kier alpha value is -2.04. The predicted octanol–water partition coefficient (Wildman–Crippen LogP) is 2.84. The average molecular weight is 279 g/mol. The fourth-order valence-corrected chi connectivity index (χ4v) is 1.79. The first-order chi connectivity index (χ1) is 9.63. The molecule has 1 rings (SSSR count). The normalized spacial score (nSPS) is 9.95. The van der Waals surface area contributed by atoms with Gasteiger partial charge in [-0.3, -0.25) is 0 Å². The van der Waals surface area contributed by atoms with Crippen LogP contribution < -0.4 is 0 Å². The number of ether oxygens (including phenoxy) is 2. The molecule has 0 heterocycles. The van der Waals surface area contributed by atoms with Gasteiger partial charge in [0.25, 0.3) is 0 Å². The topological polar surface area (TPSA) is 55.8 Å². The van der Waals surface area contributed by atoms with Crippen molar-refractivity contribution in [1.82, 2.24) is 4.90 Å². The van der Waals surface area contributed by atoms with Crippen molar-refractivity contribution in [1.29, 1.82) is 0 Å². The van der Waals surface area contributed by atoms with E-state index >= 15 is 0 Å². The molecule has 5 nitrogen and oxygen atoms in total. The van der Waals surface area contributed by atoms with E-state index in [1.807, 2.05) is 19.1 Å². The van der Waals surface area contributed by atoms with Crippen LogP contribution in [0.3, 0.4) is 0 Å². The van der Waals surface area contributed by atoms with Gasteiger partial charge in [0.1, 0.15) is 0 Å². The summed E-state index contributed by atoms with van der Waals surface area (Å²) in [5, 5.41) is 0. The average Bonchev–Trinajstić information content (AvgIpc) is 2.45. The summed E-state index contributed by atoms with van der Waals surface area (Å²) in [5.74, 6) is -0.372. The number of carbonyl (C=O) groups is 2. The Morgan fingerprint density at radius 1 is 1.05 bits per heavy atom. The molecule has 20 heavy (non-hydrogen) atoms. The van der Waals surface area contributed by atoms with Crippen LogP contribution in [0.25, 0.3) is 0 Å². The van der Waals surface area contributed by atoms with Crippen molar-refractivity contribution in [3.63, 3.8) is 0 Å². The second-order valence-corrected chi connectivity index (χ2v) is 4.09. The summed E-state index contributed by atoms with van der Waals surface area (Å²) in [7, 11) is 0. The van der Waals surface area contributed by atoms with Crippen LogP contribution in [0.4, 0.5) is 4.79 Å². The Morgan fingerprint density at radius 2 is 1.70 bits per heavy atom. The van der Waals surface area contributed by atoms with Gasteiger partial charge in [-0.05, 0) is 32.4 Å². The van der Waals surface area contributed by atoms with Crippen molar-refractivity contribution in [2.24, 2.45) is 0 Å². The van der Waals surface area contributed by atoms with E-state index in [9.17, 15) is 9.59 Å². The van der Waals surface area contributed by atoms with Crippen molar-refractivity contribution in [3.8, 4) is 0 Å². The summed E-state index contributed by atoms with van der Waals surface area (Å²) in [4.78, 5) is 25.2. The molecule has 5 heteroatoms. The minimum absolute atomic E-state index is 0.322. The van der Waals surface area contributed by atoms with Gasteiger partial charge in [0, 0.05) is 13.1 Å². The highest BCUT2D eigenvalue weighted by Gasteiger charge is 2.17. The van der Waals surface area contributed by atoms with Gasteiger partial charge in [-0.15, -0.1) is 0 Å². The summed E-state index contributed by atoms with van der Waals surface area (Å²) < 4.78 is 10.0. The van der Waals surface area contributed by atoms with E-state index in [-0.39, 0.29) is 12.1 Å². The van der Waals surface area contributed by atoms with Gasteiger partial charge in [0.15, 0.2) is 0 Å². The quantitative estimate of drug-likeness (QED) is 0.751. The Labute approximate surface area is 119 Å². The molecular weight excluding hydrogens is 258 g/mol. The van der Waals surface area contributed by atoms with E-state index in [1.54, 1.807) is 30.9 Å². The molecule has 1 aromatic rings. The van der Waals surface area contributed by atoms with Crippen molar-refractivity contribution >= 4 is 12.1 Å². The third-order valence-corrected chi connectivity index (χ3v) is 2.78. The molecule has 0 unspecified atom stereocenters. The molecule has 0 spiro atoms. The molecule has 0 saturated heterocycles. The van der Waals surface area contributed by atoms with Gasteiger partial charge >= 0.3 is 12.1 Å². The van der Waals surface area contributed by atoms with E-state index in [2.05, 4.69) is 0 Å². The van der Waals surface area contributed by atoms with Crippen LogP contribution >= 0.6 is 0 Å². The molecular formula is C15H21NO4. The van der Waals surface area contributed by atoms with Crippen LogP contribution in [0.15, 0.2) is 24.3 Å². The lowest BCUT2D eigenvalue weighted by Gasteiger charge is -2.21. The molecule has 0 atom stereocenters. The Bertz CT molecular complexity index is 459. The van der Waals surface area contributed by atoms with Crippen molar-refractivity contribution in [2.45, 2.75) is 27.3 Å². The zero-order chi connectivity index (χ0) is 15.0. The zero-order valence-corrected chi connectivity index (χ0v) is 12.2. The molecule has 1 aromatic carbocycles. The van der Waals surface area contributed by atoms with Gasteiger partial charge < -0.3 is 14.4 Å². The smallest absolute Gasteiger partial charge is 0.410 e. The molecule has 1 amide bonds. The number of carbonyl (C=O) groups excluding carboxylic acids is 2. The monoisotopic (exact) mass is 279 g/mol. The summed E-state index contributed by atoms with van der Waals surface area (Å²) >= 11 is 0. The van der Waals surface area contributed by atoms with Gasteiger partial charge in [-0.2, -0.15) is 0 Å². The van der Waals surface area contributed by atoms with Gasteiger partial charge in [0.2, 0.25) is 0 Å². The minimum Gasteiger partial charge on any atom is -0.462 e. The van der Waals surface area contributed by atoms with Crippen molar-refractivity contribution < 1.29 is 19.1 Å². The lowest BCUT2D eigenvalue weighted by molar-refractivity contribution is 0.0522. The van der Waals surface area contributed by atoms with Gasteiger partial charge in [-0.25, -0.2) is 9.59 Å². The largest absolute Gasteiger partial charge is 0.462 e. The number of rotatable bonds is 6. The van der Waals surface area contributed by atoms with E-state index < -0.39 is 0 Å². The Balaban J connectivity index is 2.90. The Kier molecular flexibility index (Phi) is 6.56. The van der Waals surface area contributed by atoms with Crippen LogP contribution in [0.2, 0.25) is 0 Å². The maximum atomic E-state index is 11.9. The summed E-state index contributed by atoms with van der Waals surface area (Å²) in [6, 6.07) is 7.12. The number of nitrogens with zero attached hydrogens (tertiary/aromatic N) is 1. The van der Waals surface area contributed by atoms with E-state index in [0.717, 1.165) is 5.56 Å². The van der Waals surface area contributed by atoms with Gasteiger partial charge in [-0.1, -0.05) is 18.2 Å². The molecule has 0 fully saturated rings. The number of hydrogen-bond acceptors (Lipinski definition) is 4. The highest BCUT2D eigenvalue weighted by atomic mass is 16.6. The lowest BCUT2D eigenvalue weighted by Crippen LogP contribution is -2.31. The van der Waals surface area contributed by atoms with Crippen molar-refractivity contribution in [3.05, 3.63) is 35.4 Å². The van der Waals surface area contributed by atoms with E-state index in [4.69, 9.17) is 9.47 Å². The number of esters is 1. The predicted molar refractivity (Wildman–Crippen MR) is 75.5 cm³/mol. The summed E-state index contributed by atoms with van der Waals surface area (Å²) in [6.45, 7) is 6.87. The Morgan fingerprint density at radius 3 is 2.30 bits per heavy atom. The third kappa shape index (κ3) is 4.26. The second-order valence-electron chi connectivity index (χ2n) is 4.09. The van der Waals surface area contributed by atoms with Crippen LogP contribution in [-0.4, -0.2) is 36.7 Å². The number of hydrogen-bond donors (Lipinski definition) is 0. The van der Waals surface area contributed by atoms with Crippen molar-refractivity contribution in [2.75, 3.05) is 19.8 Å². The highest BCUT2D eigenvalue weighted by Crippen LogP contribution is 2.14. The molecule has 0 aliphatic carbocycles. The minimum atomic E-state index is -0.381. The highest BCUT2D eigenvalue weighted by molar-refractivity contribution is 5.91. The fourth-order valence-electron chi connectivity index (χ4n) is 1.79. The first-order valence-corrected chi connectivity index (χ1v) is 6.80. The molecule has 0 bridgehead atoms. The van der Waals surface area contributed by atoms with E-state index in [1.165, 1.54) is 0 Å².